The number of carbonyl (C=O) groups excluding carboxylic acids is 1. The van der Waals surface area contributed by atoms with Crippen LogP contribution < -0.4 is 0 Å². The second-order valence-electron chi connectivity index (χ2n) is 6.74. The molecule has 1 atom stereocenters. The molecule has 0 spiro atoms. The van der Waals surface area contributed by atoms with Gasteiger partial charge >= 0.3 is 0 Å². The summed E-state index contributed by atoms with van der Waals surface area (Å²) in [6.45, 7) is 5.74. The van der Waals surface area contributed by atoms with Crippen LogP contribution in [-0.2, 0) is 4.74 Å². The summed E-state index contributed by atoms with van der Waals surface area (Å²) in [6, 6.07) is 3.93. The molecule has 6 heteroatoms. The minimum atomic E-state index is 0.0394. The molecule has 0 aromatic carbocycles. The van der Waals surface area contributed by atoms with E-state index in [9.17, 15) is 4.79 Å². The number of ether oxygens (including phenoxy) is 1. The van der Waals surface area contributed by atoms with Crippen molar-refractivity contribution in [3.63, 3.8) is 0 Å². The minimum Gasteiger partial charge on any atom is -0.377 e. The number of hydrogen-bond acceptors (Lipinski definition) is 4. The fourth-order valence-electron chi connectivity index (χ4n) is 3.37. The zero-order valence-electron chi connectivity index (χ0n) is 13.7. The average Bonchev–Trinajstić information content (AvgIpc) is 3.26. The van der Waals surface area contributed by atoms with E-state index in [1.165, 1.54) is 12.8 Å². The molecular formula is C17H22N4O2. The molecule has 1 aliphatic heterocycles. The quantitative estimate of drug-likeness (QED) is 0.869. The summed E-state index contributed by atoms with van der Waals surface area (Å²) in [5.74, 6) is 0.806. The summed E-state index contributed by atoms with van der Waals surface area (Å²) < 4.78 is 7.29. The molecule has 1 saturated heterocycles. The van der Waals surface area contributed by atoms with Gasteiger partial charge in [-0.15, -0.1) is 0 Å². The SMILES string of the molecule is Cc1cc(C(=O)N2CCOCC2CC2CC2)n2nc(C)cc2n1. The van der Waals surface area contributed by atoms with Gasteiger partial charge in [0.25, 0.3) is 5.91 Å². The van der Waals surface area contributed by atoms with Crippen molar-refractivity contribution in [1.82, 2.24) is 19.5 Å². The van der Waals surface area contributed by atoms with Crippen molar-refractivity contribution >= 4 is 11.6 Å². The second kappa shape index (κ2) is 5.60. The highest BCUT2D eigenvalue weighted by atomic mass is 16.5. The first-order valence-corrected chi connectivity index (χ1v) is 8.34. The zero-order valence-corrected chi connectivity index (χ0v) is 13.7. The van der Waals surface area contributed by atoms with Gasteiger partial charge in [0.1, 0.15) is 5.69 Å². The molecule has 6 nitrogen and oxygen atoms in total. The maximum absolute atomic E-state index is 13.2. The first-order valence-electron chi connectivity index (χ1n) is 8.34. The highest BCUT2D eigenvalue weighted by Gasteiger charge is 2.34. The Balaban J connectivity index is 1.69. The number of rotatable bonds is 3. The highest BCUT2D eigenvalue weighted by molar-refractivity contribution is 5.93. The van der Waals surface area contributed by atoms with Crippen molar-refractivity contribution in [1.29, 1.82) is 0 Å². The number of amides is 1. The van der Waals surface area contributed by atoms with Crippen LogP contribution >= 0.6 is 0 Å². The summed E-state index contributed by atoms with van der Waals surface area (Å²) in [6.07, 6.45) is 3.63. The molecule has 1 unspecified atom stereocenters. The van der Waals surface area contributed by atoms with Crippen LogP contribution in [-0.4, -0.2) is 51.2 Å². The van der Waals surface area contributed by atoms with Crippen LogP contribution in [0.4, 0.5) is 0 Å². The van der Waals surface area contributed by atoms with Gasteiger partial charge in [0.15, 0.2) is 5.65 Å². The molecular weight excluding hydrogens is 292 g/mol. The Morgan fingerprint density at radius 1 is 1.30 bits per heavy atom. The fraction of sp³-hybridized carbons (Fsp3) is 0.588. The molecule has 2 fully saturated rings. The molecule has 1 saturated carbocycles. The van der Waals surface area contributed by atoms with E-state index < -0.39 is 0 Å². The molecule has 3 heterocycles. The maximum Gasteiger partial charge on any atom is 0.273 e. The number of aryl methyl sites for hydroxylation is 2. The van der Waals surface area contributed by atoms with E-state index in [2.05, 4.69) is 10.1 Å². The summed E-state index contributed by atoms with van der Waals surface area (Å²) in [4.78, 5) is 19.6. The molecule has 0 N–H and O–H groups in total. The van der Waals surface area contributed by atoms with Crippen LogP contribution in [0.25, 0.3) is 5.65 Å². The zero-order chi connectivity index (χ0) is 16.0. The standard InChI is InChI=1S/C17H22N4O2/c1-11-7-15(21-16(18-11)8-12(2)19-21)17(22)20-5-6-23-10-14(20)9-13-3-4-13/h7-8,13-14H,3-6,9-10H2,1-2H3. The molecule has 0 radical (unpaired) electrons. The third-order valence-electron chi connectivity index (χ3n) is 4.69. The van der Waals surface area contributed by atoms with Gasteiger partial charge in [0, 0.05) is 18.3 Å². The van der Waals surface area contributed by atoms with Crippen LogP contribution in [0.5, 0.6) is 0 Å². The number of aromatic nitrogens is 3. The van der Waals surface area contributed by atoms with Crippen LogP contribution in [0.3, 0.4) is 0 Å². The molecule has 2 aromatic rings. The summed E-state index contributed by atoms with van der Waals surface area (Å²) in [5, 5.41) is 4.44. The van der Waals surface area contributed by atoms with E-state index in [1.54, 1.807) is 4.52 Å². The maximum atomic E-state index is 13.2. The summed E-state index contributed by atoms with van der Waals surface area (Å²) in [7, 11) is 0. The Morgan fingerprint density at radius 3 is 2.91 bits per heavy atom. The molecule has 23 heavy (non-hydrogen) atoms. The Labute approximate surface area is 135 Å². The molecule has 2 aromatic heterocycles. The van der Waals surface area contributed by atoms with Gasteiger partial charge in [-0.05, 0) is 32.3 Å². The molecule has 1 aliphatic carbocycles. The fourth-order valence-corrected chi connectivity index (χ4v) is 3.37. The Kier molecular flexibility index (Phi) is 3.56. The van der Waals surface area contributed by atoms with Gasteiger partial charge < -0.3 is 9.64 Å². The van der Waals surface area contributed by atoms with Crippen molar-refractivity contribution in [3.8, 4) is 0 Å². The van der Waals surface area contributed by atoms with E-state index in [-0.39, 0.29) is 11.9 Å². The number of nitrogens with zero attached hydrogens (tertiary/aromatic N) is 4. The lowest BCUT2D eigenvalue weighted by atomic mass is 10.1. The summed E-state index contributed by atoms with van der Waals surface area (Å²) in [5.41, 5.74) is 3.04. The first-order chi connectivity index (χ1) is 11.1. The Hall–Kier alpha value is -1.95. The predicted octanol–water partition coefficient (Wildman–Crippen LogP) is 1.99. The van der Waals surface area contributed by atoms with Gasteiger partial charge in [-0.3, -0.25) is 4.79 Å². The van der Waals surface area contributed by atoms with Gasteiger partial charge in [-0.1, -0.05) is 12.8 Å². The number of fused-ring (bicyclic) bond motifs is 1. The molecule has 4 rings (SSSR count). The van der Waals surface area contributed by atoms with E-state index >= 15 is 0 Å². The normalized spacial score (nSPS) is 21.8. The number of carbonyl (C=O) groups is 1. The predicted molar refractivity (Wildman–Crippen MR) is 85.4 cm³/mol. The van der Waals surface area contributed by atoms with Crippen molar-refractivity contribution in [3.05, 3.63) is 29.2 Å². The smallest absolute Gasteiger partial charge is 0.273 e. The first kappa shape index (κ1) is 14.6. The van der Waals surface area contributed by atoms with Crippen molar-refractivity contribution in [2.75, 3.05) is 19.8 Å². The Bertz CT molecular complexity index is 750. The monoisotopic (exact) mass is 314 g/mol. The molecule has 0 bridgehead atoms. The van der Waals surface area contributed by atoms with Gasteiger partial charge in [-0.25, -0.2) is 9.50 Å². The number of morpholine rings is 1. The lowest BCUT2D eigenvalue weighted by molar-refractivity contribution is -0.00614. The second-order valence-corrected chi connectivity index (χ2v) is 6.74. The van der Waals surface area contributed by atoms with E-state index in [0.717, 1.165) is 29.4 Å². The van der Waals surface area contributed by atoms with Gasteiger partial charge in [-0.2, -0.15) is 5.10 Å². The highest BCUT2D eigenvalue weighted by Crippen LogP contribution is 2.35. The lowest BCUT2D eigenvalue weighted by Gasteiger charge is -2.35. The van der Waals surface area contributed by atoms with Crippen molar-refractivity contribution in [2.45, 2.75) is 39.2 Å². The molecule has 2 aliphatic rings. The number of hydrogen-bond donors (Lipinski definition) is 0. The van der Waals surface area contributed by atoms with Gasteiger partial charge in [0.05, 0.1) is 24.9 Å². The average molecular weight is 314 g/mol. The molecule has 122 valence electrons. The van der Waals surface area contributed by atoms with Crippen molar-refractivity contribution < 1.29 is 9.53 Å². The minimum absolute atomic E-state index is 0.0394. The largest absolute Gasteiger partial charge is 0.377 e. The van der Waals surface area contributed by atoms with Crippen LogP contribution in [0.2, 0.25) is 0 Å². The summed E-state index contributed by atoms with van der Waals surface area (Å²) >= 11 is 0. The van der Waals surface area contributed by atoms with E-state index in [1.807, 2.05) is 30.9 Å². The third-order valence-corrected chi connectivity index (χ3v) is 4.69. The van der Waals surface area contributed by atoms with Crippen LogP contribution in [0.1, 0.15) is 41.1 Å². The van der Waals surface area contributed by atoms with Crippen LogP contribution in [0.15, 0.2) is 12.1 Å². The van der Waals surface area contributed by atoms with E-state index in [0.29, 0.717) is 25.5 Å². The van der Waals surface area contributed by atoms with Gasteiger partial charge in [0.2, 0.25) is 0 Å². The van der Waals surface area contributed by atoms with E-state index in [4.69, 9.17) is 4.74 Å². The topological polar surface area (TPSA) is 59.7 Å². The van der Waals surface area contributed by atoms with Crippen molar-refractivity contribution in [2.24, 2.45) is 5.92 Å². The Morgan fingerprint density at radius 2 is 2.13 bits per heavy atom. The lowest BCUT2D eigenvalue weighted by Crippen LogP contribution is -2.49. The molecule has 1 amide bonds. The van der Waals surface area contributed by atoms with Crippen LogP contribution in [0, 0.1) is 19.8 Å². The third kappa shape index (κ3) is 2.83.